The summed E-state index contributed by atoms with van der Waals surface area (Å²) in [5.74, 6) is -0.201. The van der Waals surface area contributed by atoms with Crippen LogP contribution < -0.4 is 5.56 Å². The smallest absolute Gasteiger partial charge is 0.274 e. The molecule has 2 aromatic heterocycles. The molecule has 0 radical (unpaired) electrons. The number of nitrogens with zero attached hydrogens (tertiary/aromatic N) is 3. The highest BCUT2D eigenvalue weighted by Gasteiger charge is 2.17. The molecule has 0 aromatic carbocycles. The van der Waals surface area contributed by atoms with Crippen LogP contribution in [0.25, 0.3) is 0 Å². The first-order chi connectivity index (χ1) is 9.51. The zero-order valence-electron chi connectivity index (χ0n) is 11.2. The van der Waals surface area contributed by atoms with Gasteiger partial charge in [0.05, 0.1) is 10.9 Å². The van der Waals surface area contributed by atoms with Crippen molar-refractivity contribution in [2.45, 2.75) is 13.5 Å². The Morgan fingerprint density at radius 3 is 2.70 bits per heavy atom. The molecule has 0 saturated carbocycles. The number of carbonyl (C=O) groups is 1. The Morgan fingerprint density at radius 2 is 2.15 bits per heavy atom. The SMILES string of the molecule is CCN(Cc1ccc(Cl)s1)C(=O)c1ccc(=O)n(C)n1. The fourth-order valence-corrected chi connectivity index (χ4v) is 2.83. The second-order valence-corrected chi connectivity index (χ2v) is 6.01. The van der Waals surface area contributed by atoms with Gasteiger partial charge in [0.15, 0.2) is 0 Å². The molecule has 0 atom stereocenters. The molecule has 0 spiro atoms. The molecule has 20 heavy (non-hydrogen) atoms. The van der Waals surface area contributed by atoms with Crippen LogP contribution in [-0.2, 0) is 13.6 Å². The van der Waals surface area contributed by atoms with Crippen molar-refractivity contribution in [2.24, 2.45) is 7.05 Å². The van der Waals surface area contributed by atoms with Gasteiger partial charge in [0.2, 0.25) is 0 Å². The average molecular weight is 312 g/mol. The van der Waals surface area contributed by atoms with Crippen molar-refractivity contribution >= 4 is 28.8 Å². The first kappa shape index (κ1) is 14.7. The van der Waals surface area contributed by atoms with E-state index < -0.39 is 0 Å². The summed E-state index contributed by atoms with van der Waals surface area (Å²) in [6.45, 7) is 2.94. The van der Waals surface area contributed by atoms with Crippen LogP contribution >= 0.6 is 22.9 Å². The molecule has 2 aromatic rings. The van der Waals surface area contributed by atoms with E-state index in [1.165, 1.54) is 30.5 Å². The van der Waals surface area contributed by atoms with Crippen LogP contribution in [0.2, 0.25) is 4.34 Å². The van der Waals surface area contributed by atoms with Gasteiger partial charge in [-0.1, -0.05) is 11.6 Å². The number of hydrogen-bond donors (Lipinski definition) is 0. The van der Waals surface area contributed by atoms with Crippen LogP contribution in [0.5, 0.6) is 0 Å². The molecule has 2 rings (SSSR count). The molecule has 0 aliphatic carbocycles. The lowest BCUT2D eigenvalue weighted by Crippen LogP contribution is -2.32. The summed E-state index contributed by atoms with van der Waals surface area (Å²) >= 11 is 7.33. The van der Waals surface area contributed by atoms with E-state index in [4.69, 9.17) is 11.6 Å². The average Bonchev–Trinajstić information content (AvgIpc) is 2.84. The van der Waals surface area contributed by atoms with E-state index >= 15 is 0 Å². The number of aryl methyl sites for hydroxylation is 1. The van der Waals surface area contributed by atoms with Crippen LogP contribution in [0.3, 0.4) is 0 Å². The van der Waals surface area contributed by atoms with E-state index in [1.807, 2.05) is 19.1 Å². The third kappa shape index (κ3) is 3.26. The molecule has 2 heterocycles. The lowest BCUT2D eigenvalue weighted by molar-refractivity contribution is 0.0745. The standard InChI is InChI=1S/C13H14ClN3O2S/c1-3-17(8-9-4-6-11(14)20-9)13(19)10-5-7-12(18)16(2)15-10/h4-7H,3,8H2,1-2H3. The van der Waals surface area contributed by atoms with Gasteiger partial charge in [-0.05, 0) is 25.1 Å². The lowest BCUT2D eigenvalue weighted by Gasteiger charge is -2.19. The molecule has 0 N–H and O–H groups in total. The summed E-state index contributed by atoms with van der Waals surface area (Å²) in [4.78, 5) is 26.3. The Balaban J connectivity index is 2.20. The third-order valence-electron chi connectivity index (χ3n) is 2.82. The van der Waals surface area contributed by atoms with Crippen molar-refractivity contribution in [1.82, 2.24) is 14.7 Å². The molecule has 0 fully saturated rings. The minimum Gasteiger partial charge on any atom is -0.332 e. The van der Waals surface area contributed by atoms with Gasteiger partial charge in [0, 0.05) is 24.5 Å². The number of aromatic nitrogens is 2. The van der Waals surface area contributed by atoms with Crippen molar-refractivity contribution < 1.29 is 4.79 Å². The summed E-state index contributed by atoms with van der Waals surface area (Å²) in [5.41, 5.74) is 0.0197. The highest BCUT2D eigenvalue weighted by Crippen LogP contribution is 2.23. The minimum atomic E-state index is -0.241. The fraction of sp³-hybridized carbons (Fsp3) is 0.308. The van der Waals surface area contributed by atoms with Gasteiger partial charge in [0.25, 0.3) is 11.5 Å². The van der Waals surface area contributed by atoms with E-state index in [0.717, 1.165) is 9.56 Å². The van der Waals surface area contributed by atoms with Gasteiger partial charge in [-0.15, -0.1) is 11.3 Å². The molecule has 0 bridgehead atoms. The molecule has 106 valence electrons. The van der Waals surface area contributed by atoms with Crippen molar-refractivity contribution in [3.05, 3.63) is 49.5 Å². The predicted molar refractivity (Wildman–Crippen MR) is 79.2 cm³/mol. The normalized spacial score (nSPS) is 10.6. The summed E-state index contributed by atoms with van der Waals surface area (Å²) < 4.78 is 1.85. The summed E-state index contributed by atoms with van der Waals surface area (Å²) in [6.07, 6.45) is 0. The van der Waals surface area contributed by atoms with Gasteiger partial charge >= 0.3 is 0 Å². The third-order valence-corrected chi connectivity index (χ3v) is 4.04. The molecule has 5 nitrogen and oxygen atoms in total. The van der Waals surface area contributed by atoms with Crippen LogP contribution in [0.15, 0.2) is 29.1 Å². The first-order valence-electron chi connectivity index (χ1n) is 6.09. The number of halogens is 1. The maximum atomic E-state index is 12.4. The van der Waals surface area contributed by atoms with Crippen molar-refractivity contribution in [1.29, 1.82) is 0 Å². The monoisotopic (exact) mass is 311 g/mol. The maximum absolute atomic E-state index is 12.4. The maximum Gasteiger partial charge on any atom is 0.274 e. The molecule has 0 aliphatic rings. The molecule has 1 amide bonds. The molecule has 0 saturated heterocycles. The topological polar surface area (TPSA) is 55.2 Å². The molecule has 7 heteroatoms. The number of thiophene rings is 1. The Kier molecular flexibility index (Phi) is 4.57. The molecule has 0 aliphatic heterocycles. The first-order valence-corrected chi connectivity index (χ1v) is 7.28. The summed E-state index contributed by atoms with van der Waals surface area (Å²) in [7, 11) is 1.52. The fourth-order valence-electron chi connectivity index (χ4n) is 1.73. The molecular weight excluding hydrogens is 298 g/mol. The van der Waals surface area contributed by atoms with Gasteiger partial charge < -0.3 is 4.90 Å². The predicted octanol–water partition coefficient (Wildman–Crippen LogP) is 2.16. The highest BCUT2D eigenvalue weighted by molar-refractivity contribution is 7.16. The zero-order chi connectivity index (χ0) is 14.7. The van der Waals surface area contributed by atoms with Gasteiger partial charge in [-0.25, -0.2) is 4.68 Å². The second kappa shape index (κ2) is 6.19. The molecular formula is C13H14ClN3O2S. The van der Waals surface area contributed by atoms with Crippen molar-refractivity contribution in [3.8, 4) is 0 Å². The largest absolute Gasteiger partial charge is 0.332 e. The van der Waals surface area contributed by atoms with Crippen molar-refractivity contribution in [2.75, 3.05) is 6.54 Å². The number of hydrogen-bond acceptors (Lipinski definition) is 4. The Morgan fingerprint density at radius 1 is 1.40 bits per heavy atom. The van der Waals surface area contributed by atoms with E-state index in [1.54, 1.807) is 4.90 Å². The Bertz CT molecular complexity index is 680. The number of rotatable bonds is 4. The van der Waals surface area contributed by atoms with Crippen LogP contribution in [0.1, 0.15) is 22.3 Å². The van der Waals surface area contributed by atoms with Gasteiger partial charge in [-0.2, -0.15) is 5.10 Å². The Labute approximate surface area is 125 Å². The van der Waals surface area contributed by atoms with E-state index in [0.29, 0.717) is 17.4 Å². The van der Waals surface area contributed by atoms with Gasteiger partial charge in [0.1, 0.15) is 5.69 Å². The van der Waals surface area contributed by atoms with Crippen LogP contribution in [0, 0.1) is 0 Å². The highest BCUT2D eigenvalue weighted by atomic mass is 35.5. The van der Waals surface area contributed by atoms with Crippen molar-refractivity contribution in [3.63, 3.8) is 0 Å². The van der Waals surface area contributed by atoms with E-state index in [2.05, 4.69) is 5.10 Å². The second-order valence-electron chi connectivity index (χ2n) is 4.21. The van der Waals surface area contributed by atoms with E-state index in [-0.39, 0.29) is 17.2 Å². The van der Waals surface area contributed by atoms with Crippen LogP contribution in [-0.4, -0.2) is 27.1 Å². The number of carbonyl (C=O) groups excluding carboxylic acids is 1. The summed E-state index contributed by atoms with van der Waals surface area (Å²) in [6, 6.07) is 6.51. The van der Waals surface area contributed by atoms with Crippen LogP contribution in [0.4, 0.5) is 0 Å². The van der Waals surface area contributed by atoms with E-state index in [9.17, 15) is 9.59 Å². The quantitative estimate of drug-likeness (QED) is 0.869. The number of amides is 1. The van der Waals surface area contributed by atoms with Gasteiger partial charge in [-0.3, -0.25) is 9.59 Å². The lowest BCUT2D eigenvalue weighted by atomic mass is 10.3. The Hall–Kier alpha value is -1.66. The molecule has 0 unspecified atom stereocenters. The zero-order valence-corrected chi connectivity index (χ0v) is 12.7. The summed E-state index contributed by atoms with van der Waals surface area (Å²) in [5, 5.41) is 3.98. The minimum absolute atomic E-state index is 0.201.